The molecule has 1 aliphatic rings. The summed E-state index contributed by atoms with van der Waals surface area (Å²) in [4.78, 5) is 0.311. The molecule has 4 nitrogen and oxygen atoms in total. The molecule has 0 bridgehead atoms. The van der Waals surface area contributed by atoms with Crippen LogP contribution in [0.1, 0.15) is 20.8 Å². The third-order valence-electron chi connectivity index (χ3n) is 2.90. The predicted molar refractivity (Wildman–Crippen MR) is 65.0 cm³/mol. The van der Waals surface area contributed by atoms with Crippen molar-refractivity contribution in [3.8, 4) is 0 Å². The van der Waals surface area contributed by atoms with Crippen molar-refractivity contribution in [2.75, 3.05) is 6.61 Å². The van der Waals surface area contributed by atoms with Crippen LogP contribution in [-0.2, 0) is 14.8 Å². The summed E-state index contributed by atoms with van der Waals surface area (Å²) in [6.45, 7) is 5.92. The van der Waals surface area contributed by atoms with Crippen LogP contribution in [0.25, 0.3) is 0 Å². The fraction of sp³-hybridized carbons (Fsp3) is 0.500. The molecule has 1 aromatic carbocycles. The van der Waals surface area contributed by atoms with E-state index in [1.165, 1.54) is 4.31 Å². The highest BCUT2D eigenvalue weighted by molar-refractivity contribution is 7.89. The first-order valence-electron chi connectivity index (χ1n) is 5.57. The molecule has 1 atom stereocenters. The van der Waals surface area contributed by atoms with Crippen LogP contribution >= 0.6 is 0 Å². The van der Waals surface area contributed by atoms with Gasteiger partial charge in [-0.3, -0.25) is 0 Å². The molecule has 94 valence electrons. The molecule has 5 heteroatoms. The number of ether oxygens (including phenoxy) is 1. The third-order valence-corrected chi connectivity index (χ3v) is 5.08. The fourth-order valence-corrected chi connectivity index (χ4v) is 4.06. The second kappa shape index (κ2) is 4.08. The van der Waals surface area contributed by atoms with Gasteiger partial charge in [-0.05, 0) is 32.9 Å². The van der Waals surface area contributed by atoms with Gasteiger partial charge in [-0.15, -0.1) is 0 Å². The van der Waals surface area contributed by atoms with Crippen LogP contribution in [0.5, 0.6) is 0 Å². The molecule has 0 aromatic heterocycles. The molecule has 17 heavy (non-hydrogen) atoms. The standard InChI is InChI=1S/C12H17NO3S/c1-10-13(12(2,3)9-16-10)17(14,15)11-7-5-4-6-8-11/h4-8,10H,9H2,1-3H3. The third kappa shape index (κ3) is 2.10. The van der Waals surface area contributed by atoms with Crippen LogP contribution in [-0.4, -0.2) is 31.1 Å². The van der Waals surface area contributed by atoms with E-state index < -0.39 is 21.8 Å². The van der Waals surface area contributed by atoms with Gasteiger partial charge in [-0.25, -0.2) is 8.42 Å². The molecular weight excluding hydrogens is 238 g/mol. The number of rotatable bonds is 2. The number of hydrogen-bond donors (Lipinski definition) is 0. The van der Waals surface area contributed by atoms with Gasteiger partial charge in [0.25, 0.3) is 0 Å². The van der Waals surface area contributed by atoms with Crippen molar-refractivity contribution in [1.29, 1.82) is 0 Å². The van der Waals surface area contributed by atoms with Crippen molar-refractivity contribution in [3.63, 3.8) is 0 Å². The van der Waals surface area contributed by atoms with Crippen LogP contribution in [0, 0.1) is 0 Å². The number of sulfonamides is 1. The van der Waals surface area contributed by atoms with Crippen molar-refractivity contribution in [1.82, 2.24) is 4.31 Å². The van der Waals surface area contributed by atoms with Gasteiger partial charge < -0.3 is 4.74 Å². The summed E-state index contributed by atoms with van der Waals surface area (Å²) in [5.41, 5.74) is -0.506. The Morgan fingerprint density at radius 3 is 2.35 bits per heavy atom. The average Bonchev–Trinajstić information content (AvgIpc) is 2.54. The summed E-state index contributed by atoms with van der Waals surface area (Å²) in [6.07, 6.45) is -0.421. The first-order chi connectivity index (χ1) is 7.86. The van der Waals surface area contributed by atoms with Crippen molar-refractivity contribution in [2.45, 2.75) is 37.4 Å². The molecule has 0 saturated carbocycles. The minimum Gasteiger partial charge on any atom is -0.360 e. The smallest absolute Gasteiger partial charge is 0.245 e. The Labute approximate surface area is 102 Å². The molecular formula is C12H17NO3S. The van der Waals surface area contributed by atoms with Crippen LogP contribution in [0.3, 0.4) is 0 Å². The first-order valence-corrected chi connectivity index (χ1v) is 7.01. The zero-order valence-corrected chi connectivity index (χ0v) is 11.1. The van der Waals surface area contributed by atoms with E-state index in [1.54, 1.807) is 37.3 Å². The molecule has 0 N–H and O–H groups in total. The highest BCUT2D eigenvalue weighted by Crippen LogP contribution is 2.32. The molecule has 0 radical (unpaired) electrons. The van der Waals surface area contributed by atoms with Gasteiger partial charge in [0.05, 0.1) is 17.0 Å². The zero-order valence-electron chi connectivity index (χ0n) is 10.3. The Hall–Kier alpha value is -0.910. The van der Waals surface area contributed by atoms with Crippen molar-refractivity contribution < 1.29 is 13.2 Å². The highest BCUT2D eigenvalue weighted by Gasteiger charge is 2.46. The number of hydrogen-bond acceptors (Lipinski definition) is 3. The molecule has 0 aliphatic carbocycles. The molecule has 1 heterocycles. The summed E-state index contributed by atoms with van der Waals surface area (Å²) in [5.74, 6) is 0. The van der Waals surface area contributed by atoms with E-state index in [0.717, 1.165) is 0 Å². The predicted octanol–water partition coefficient (Wildman–Crippen LogP) is 1.83. The summed E-state index contributed by atoms with van der Waals surface area (Å²) in [5, 5.41) is 0. The van der Waals surface area contributed by atoms with Gasteiger partial charge >= 0.3 is 0 Å². The molecule has 0 spiro atoms. The monoisotopic (exact) mass is 255 g/mol. The highest BCUT2D eigenvalue weighted by atomic mass is 32.2. The molecule has 1 fully saturated rings. The zero-order chi connectivity index (χ0) is 12.7. The summed E-state index contributed by atoms with van der Waals surface area (Å²) in [7, 11) is -3.49. The van der Waals surface area contributed by atoms with Gasteiger partial charge in [0.15, 0.2) is 0 Å². The second-order valence-electron chi connectivity index (χ2n) is 4.84. The lowest BCUT2D eigenvalue weighted by atomic mass is 10.1. The molecule has 1 aromatic rings. The lowest BCUT2D eigenvalue weighted by Gasteiger charge is -2.30. The van der Waals surface area contributed by atoms with Gasteiger partial charge in [-0.1, -0.05) is 18.2 Å². The van der Waals surface area contributed by atoms with E-state index in [0.29, 0.717) is 11.5 Å². The van der Waals surface area contributed by atoms with E-state index in [-0.39, 0.29) is 0 Å². The largest absolute Gasteiger partial charge is 0.360 e. The van der Waals surface area contributed by atoms with E-state index in [4.69, 9.17) is 4.74 Å². The summed E-state index contributed by atoms with van der Waals surface area (Å²) < 4.78 is 31.9. The Balaban J connectivity index is 2.46. The maximum Gasteiger partial charge on any atom is 0.245 e. The topological polar surface area (TPSA) is 46.6 Å². The second-order valence-corrected chi connectivity index (χ2v) is 6.65. The minimum atomic E-state index is -3.49. The van der Waals surface area contributed by atoms with Crippen LogP contribution in [0.4, 0.5) is 0 Å². The van der Waals surface area contributed by atoms with E-state index in [2.05, 4.69) is 0 Å². The fourth-order valence-electron chi connectivity index (χ4n) is 2.17. The van der Waals surface area contributed by atoms with Crippen LogP contribution < -0.4 is 0 Å². The van der Waals surface area contributed by atoms with Gasteiger partial charge in [0.2, 0.25) is 10.0 Å². The van der Waals surface area contributed by atoms with Crippen molar-refractivity contribution >= 4 is 10.0 Å². The van der Waals surface area contributed by atoms with Gasteiger partial charge in [0, 0.05) is 0 Å². The first kappa shape index (κ1) is 12.5. The Morgan fingerprint density at radius 2 is 1.88 bits per heavy atom. The quantitative estimate of drug-likeness (QED) is 0.810. The number of nitrogens with zero attached hydrogens (tertiary/aromatic N) is 1. The lowest BCUT2D eigenvalue weighted by molar-refractivity contribution is 0.0843. The van der Waals surface area contributed by atoms with E-state index >= 15 is 0 Å². The summed E-state index contributed by atoms with van der Waals surface area (Å²) >= 11 is 0. The van der Waals surface area contributed by atoms with Crippen molar-refractivity contribution in [2.24, 2.45) is 0 Å². The Bertz CT molecular complexity index is 496. The van der Waals surface area contributed by atoms with E-state index in [9.17, 15) is 8.42 Å². The Kier molecular flexibility index (Phi) is 3.01. The normalized spacial score (nSPS) is 25.0. The lowest BCUT2D eigenvalue weighted by Crippen LogP contribution is -2.47. The van der Waals surface area contributed by atoms with Gasteiger partial charge in [0.1, 0.15) is 6.23 Å². The average molecular weight is 255 g/mol. The maximum absolute atomic E-state index is 12.5. The van der Waals surface area contributed by atoms with Crippen LogP contribution in [0.2, 0.25) is 0 Å². The van der Waals surface area contributed by atoms with E-state index in [1.807, 2.05) is 13.8 Å². The summed E-state index contributed by atoms with van der Waals surface area (Å²) in [6, 6.07) is 8.46. The van der Waals surface area contributed by atoms with Crippen LogP contribution in [0.15, 0.2) is 35.2 Å². The maximum atomic E-state index is 12.5. The molecule has 1 saturated heterocycles. The molecule has 1 unspecified atom stereocenters. The minimum absolute atomic E-state index is 0.311. The number of benzene rings is 1. The van der Waals surface area contributed by atoms with Crippen molar-refractivity contribution in [3.05, 3.63) is 30.3 Å². The molecule has 0 amide bonds. The molecule has 2 rings (SSSR count). The SMILES string of the molecule is CC1OCC(C)(C)N1S(=O)(=O)c1ccccc1. The Morgan fingerprint density at radius 1 is 1.29 bits per heavy atom. The van der Waals surface area contributed by atoms with Gasteiger partial charge in [-0.2, -0.15) is 4.31 Å². The molecule has 1 aliphatic heterocycles.